The van der Waals surface area contributed by atoms with E-state index in [9.17, 15) is 8.42 Å². The molecule has 0 aromatic heterocycles. The monoisotopic (exact) mass is 255 g/mol. The van der Waals surface area contributed by atoms with Gasteiger partial charge in [0.05, 0.1) is 0 Å². The second kappa shape index (κ2) is 4.58. The molecule has 0 radical (unpaired) electrons. The lowest BCUT2D eigenvalue weighted by atomic mass is 9.83. The topological polar surface area (TPSA) is 46.2 Å². The van der Waals surface area contributed by atoms with E-state index >= 15 is 0 Å². The average Bonchev–Trinajstić information content (AvgIpc) is 1.95. The van der Waals surface area contributed by atoms with E-state index in [1.165, 1.54) is 19.3 Å². The Labute approximate surface area is 82.1 Å². The van der Waals surface area contributed by atoms with Gasteiger partial charge in [-0.2, -0.15) is 0 Å². The predicted molar refractivity (Wildman–Crippen MR) is 52.7 cm³/mol. The molecule has 1 aliphatic carbocycles. The van der Waals surface area contributed by atoms with Crippen molar-refractivity contribution in [3.8, 4) is 0 Å². The fourth-order valence-electron chi connectivity index (χ4n) is 1.24. The highest BCUT2D eigenvalue weighted by molar-refractivity contribution is 9.10. The van der Waals surface area contributed by atoms with E-state index in [2.05, 4.69) is 20.7 Å². The Hall–Kier alpha value is 0.390. The van der Waals surface area contributed by atoms with Crippen LogP contribution in [0, 0.1) is 5.92 Å². The summed E-state index contributed by atoms with van der Waals surface area (Å²) in [6.07, 6.45) is 4.86. The van der Waals surface area contributed by atoms with Crippen molar-refractivity contribution >= 4 is 26.0 Å². The first-order valence-corrected chi connectivity index (χ1v) is 6.95. The summed E-state index contributed by atoms with van der Waals surface area (Å²) in [6, 6.07) is 0. The van der Waals surface area contributed by atoms with Gasteiger partial charge in [0.15, 0.2) is 0 Å². The number of sulfonamides is 1. The van der Waals surface area contributed by atoms with Crippen molar-refractivity contribution in [2.75, 3.05) is 11.2 Å². The van der Waals surface area contributed by atoms with Gasteiger partial charge in [-0.15, -0.1) is 0 Å². The van der Waals surface area contributed by atoms with Crippen LogP contribution in [0.1, 0.15) is 25.7 Å². The zero-order chi connectivity index (χ0) is 9.03. The molecule has 0 atom stereocenters. The van der Waals surface area contributed by atoms with Gasteiger partial charge in [0.1, 0.15) is 4.66 Å². The van der Waals surface area contributed by atoms with Gasteiger partial charge in [0.2, 0.25) is 10.0 Å². The molecular weight excluding hydrogens is 242 g/mol. The third-order valence-corrected chi connectivity index (χ3v) is 4.98. The van der Waals surface area contributed by atoms with Gasteiger partial charge in [-0.1, -0.05) is 35.2 Å². The molecule has 12 heavy (non-hydrogen) atoms. The zero-order valence-electron chi connectivity index (χ0n) is 6.92. The molecular formula is C7H14BrNO2S. The van der Waals surface area contributed by atoms with Gasteiger partial charge in [-0.25, -0.2) is 13.1 Å². The van der Waals surface area contributed by atoms with E-state index in [0.29, 0.717) is 6.54 Å². The zero-order valence-corrected chi connectivity index (χ0v) is 9.33. The first-order valence-electron chi connectivity index (χ1n) is 4.17. The van der Waals surface area contributed by atoms with E-state index in [4.69, 9.17) is 0 Å². The third kappa shape index (κ3) is 3.41. The Morgan fingerprint density at radius 2 is 2.08 bits per heavy atom. The van der Waals surface area contributed by atoms with E-state index in [0.717, 1.165) is 12.3 Å². The van der Waals surface area contributed by atoms with Crippen molar-refractivity contribution in [2.45, 2.75) is 25.7 Å². The second-order valence-corrected chi connectivity index (χ2v) is 6.31. The maximum atomic E-state index is 10.9. The lowest BCUT2D eigenvalue weighted by Crippen LogP contribution is -2.27. The molecule has 1 N–H and O–H groups in total. The molecule has 72 valence electrons. The standard InChI is InChI=1S/C7H14BrNO2S/c8-6-12(10,11)9-5-4-7-2-1-3-7/h7,9H,1-6H2. The molecule has 0 aromatic carbocycles. The molecule has 5 heteroatoms. The molecule has 1 fully saturated rings. The summed E-state index contributed by atoms with van der Waals surface area (Å²) in [4.78, 5) is 0. The Morgan fingerprint density at radius 1 is 1.42 bits per heavy atom. The lowest BCUT2D eigenvalue weighted by molar-refractivity contribution is 0.297. The smallest absolute Gasteiger partial charge is 0.214 e. The van der Waals surface area contributed by atoms with Crippen LogP contribution in [0.25, 0.3) is 0 Å². The Bertz CT molecular complexity index is 224. The van der Waals surface area contributed by atoms with E-state index in [1.54, 1.807) is 0 Å². The number of halogens is 1. The fraction of sp³-hybridized carbons (Fsp3) is 1.00. The lowest BCUT2D eigenvalue weighted by Gasteiger charge is -2.24. The summed E-state index contributed by atoms with van der Waals surface area (Å²) in [5.41, 5.74) is 0. The molecule has 1 aliphatic rings. The predicted octanol–water partition coefficient (Wildman–Crippen LogP) is 1.45. The molecule has 0 saturated heterocycles. The second-order valence-electron chi connectivity index (χ2n) is 3.20. The van der Waals surface area contributed by atoms with Crippen LogP contribution in [0.15, 0.2) is 0 Å². The van der Waals surface area contributed by atoms with Crippen molar-refractivity contribution in [3.63, 3.8) is 0 Å². The average molecular weight is 256 g/mol. The van der Waals surface area contributed by atoms with Crippen molar-refractivity contribution in [1.29, 1.82) is 0 Å². The summed E-state index contributed by atoms with van der Waals surface area (Å²) in [6.45, 7) is 0.596. The Morgan fingerprint density at radius 3 is 2.50 bits per heavy atom. The minimum atomic E-state index is -3.03. The first-order chi connectivity index (χ1) is 5.64. The third-order valence-electron chi connectivity index (χ3n) is 2.24. The summed E-state index contributed by atoms with van der Waals surface area (Å²) in [7, 11) is -3.03. The van der Waals surface area contributed by atoms with Crippen LogP contribution in [0.5, 0.6) is 0 Å². The molecule has 0 unspecified atom stereocenters. The summed E-state index contributed by atoms with van der Waals surface area (Å²) >= 11 is 2.92. The number of hydrogen-bond donors (Lipinski definition) is 1. The summed E-state index contributed by atoms with van der Waals surface area (Å²) < 4.78 is 24.4. The maximum Gasteiger partial charge on any atom is 0.221 e. The highest BCUT2D eigenvalue weighted by Gasteiger charge is 2.17. The number of alkyl halides is 1. The minimum absolute atomic E-state index is 0.00463. The van der Waals surface area contributed by atoms with Crippen LogP contribution in [0.2, 0.25) is 0 Å². The molecule has 0 heterocycles. The van der Waals surface area contributed by atoms with Crippen LogP contribution in [0.4, 0.5) is 0 Å². The van der Waals surface area contributed by atoms with Gasteiger partial charge in [-0.3, -0.25) is 0 Å². The number of nitrogens with one attached hydrogen (secondary N) is 1. The van der Waals surface area contributed by atoms with Gasteiger partial charge in [0, 0.05) is 6.54 Å². The first kappa shape index (κ1) is 10.5. The normalized spacial score (nSPS) is 19.1. The number of hydrogen-bond acceptors (Lipinski definition) is 2. The van der Waals surface area contributed by atoms with E-state index in [-0.39, 0.29) is 4.66 Å². The maximum absolute atomic E-state index is 10.9. The molecule has 3 nitrogen and oxygen atoms in total. The quantitative estimate of drug-likeness (QED) is 0.757. The molecule has 0 amide bonds. The highest BCUT2D eigenvalue weighted by Crippen LogP contribution is 2.28. The van der Waals surface area contributed by atoms with E-state index < -0.39 is 10.0 Å². The molecule has 1 saturated carbocycles. The van der Waals surface area contributed by atoms with Crippen LogP contribution >= 0.6 is 15.9 Å². The largest absolute Gasteiger partial charge is 0.221 e. The summed E-state index contributed by atoms with van der Waals surface area (Å²) in [5, 5.41) is 0. The van der Waals surface area contributed by atoms with Crippen LogP contribution < -0.4 is 4.72 Å². The van der Waals surface area contributed by atoms with Gasteiger partial charge in [0.25, 0.3) is 0 Å². The van der Waals surface area contributed by atoms with Crippen molar-refractivity contribution in [1.82, 2.24) is 4.72 Å². The van der Waals surface area contributed by atoms with Gasteiger partial charge in [-0.05, 0) is 12.3 Å². The molecule has 0 spiro atoms. The van der Waals surface area contributed by atoms with Crippen molar-refractivity contribution < 1.29 is 8.42 Å². The van der Waals surface area contributed by atoms with Crippen molar-refractivity contribution in [3.05, 3.63) is 0 Å². The van der Waals surface area contributed by atoms with Gasteiger partial charge >= 0.3 is 0 Å². The fourth-order valence-corrected chi connectivity index (χ4v) is 2.23. The number of rotatable bonds is 5. The SMILES string of the molecule is O=S(=O)(CBr)NCCC1CCC1. The van der Waals surface area contributed by atoms with Crippen LogP contribution in [-0.4, -0.2) is 19.6 Å². The van der Waals surface area contributed by atoms with Crippen LogP contribution in [-0.2, 0) is 10.0 Å². The van der Waals surface area contributed by atoms with Crippen molar-refractivity contribution in [2.24, 2.45) is 5.92 Å². The summed E-state index contributed by atoms with van der Waals surface area (Å²) in [5.74, 6) is 0.767. The molecule has 0 bridgehead atoms. The van der Waals surface area contributed by atoms with E-state index in [1.807, 2.05) is 0 Å². The molecule has 0 aromatic rings. The van der Waals surface area contributed by atoms with Gasteiger partial charge < -0.3 is 0 Å². The highest BCUT2D eigenvalue weighted by atomic mass is 79.9. The minimum Gasteiger partial charge on any atom is -0.214 e. The van der Waals surface area contributed by atoms with Crippen LogP contribution in [0.3, 0.4) is 0 Å². The Balaban J connectivity index is 2.08. The Kier molecular flexibility index (Phi) is 3.99. The molecule has 1 rings (SSSR count). The molecule has 0 aliphatic heterocycles.